The van der Waals surface area contributed by atoms with E-state index in [1.54, 1.807) is 0 Å². The van der Waals surface area contributed by atoms with E-state index < -0.39 is 0 Å². The van der Waals surface area contributed by atoms with Gasteiger partial charge in [0.15, 0.2) is 0 Å². The topological polar surface area (TPSA) is 9.23 Å². The first-order chi connectivity index (χ1) is 6.48. The van der Waals surface area contributed by atoms with Crippen LogP contribution in [0.2, 0.25) is 0 Å². The molecule has 0 bridgehead atoms. The van der Waals surface area contributed by atoms with Gasteiger partial charge in [0.1, 0.15) is 0 Å². The second kappa shape index (κ2) is 3.10. The van der Waals surface area contributed by atoms with E-state index in [0.29, 0.717) is 6.10 Å². The predicted octanol–water partition coefficient (Wildman–Crippen LogP) is 3.69. The molecule has 1 heterocycles. The number of hydrogen-bond donors (Lipinski definition) is 0. The van der Waals surface area contributed by atoms with Crippen LogP contribution in [-0.2, 0) is 4.74 Å². The van der Waals surface area contributed by atoms with Crippen LogP contribution in [0, 0.1) is 5.41 Å². The minimum absolute atomic E-state index is 0.00463. The second-order valence-corrected chi connectivity index (χ2v) is 5.64. The van der Waals surface area contributed by atoms with Gasteiger partial charge in [-0.3, -0.25) is 0 Å². The number of hydrogen-bond acceptors (Lipinski definition) is 1. The van der Waals surface area contributed by atoms with Gasteiger partial charge < -0.3 is 4.74 Å². The van der Waals surface area contributed by atoms with Gasteiger partial charge in [0.05, 0.1) is 11.7 Å². The van der Waals surface area contributed by atoms with E-state index in [2.05, 4.69) is 27.4 Å². The van der Waals surface area contributed by atoms with E-state index in [-0.39, 0.29) is 11.0 Å². The molecule has 0 aromatic rings. The fourth-order valence-electron chi connectivity index (χ4n) is 3.25. The van der Waals surface area contributed by atoms with Gasteiger partial charge in [-0.2, -0.15) is 0 Å². The first-order valence-electron chi connectivity index (χ1n) is 5.84. The van der Waals surface area contributed by atoms with E-state index in [1.807, 2.05) is 0 Å². The average molecular weight is 194 g/mol. The van der Waals surface area contributed by atoms with Crippen LogP contribution in [0.5, 0.6) is 0 Å². The second-order valence-electron chi connectivity index (χ2n) is 5.64. The molecule has 2 atom stereocenters. The standard InChI is InChI=1S/C13H22O/c1-10-6-5-8-12(3,4)13(10)9-7-11(2)14-13/h11H,1,5-9H2,2-4H3. The van der Waals surface area contributed by atoms with Gasteiger partial charge in [0, 0.05) is 0 Å². The first-order valence-corrected chi connectivity index (χ1v) is 5.84. The van der Waals surface area contributed by atoms with Crippen LogP contribution in [0.3, 0.4) is 0 Å². The Hall–Kier alpha value is -0.300. The van der Waals surface area contributed by atoms with Gasteiger partial charge in [-0.25, -0.2) is 0 Å². The highest BCUT2D eigenvalue weighted by Gasteiger charge is 2.53. The molecule has 0 amide bonds. The summed E-state index contributed by atoms with van der Waals surface area (Å²) in [6.07, 6.45) is 6.52. The lowest BCUT2D eigenvalue weighted by molar-refractivity contribution is -0.0985. The zero-order valence-corrected chi connectivity index (χ0v) is 9.73. The zero-order valence-electron chi connectivity index (χ0n) is 9.73. The Morgan fingerprint density at radius 3 is 2.57 bits per heavy atom. The predicted molar refractivity (Wildman–Crippen MR) is 59.3 cm³/mol. The van der Waals surface area contributed by atoms with Crippen molar-refractivity contribution in [2.75, 3.05) is 0 Å². The SMILES string of the molecule is C=C1CCCC(C)(C)C12CCC(C)O2. The molecule has 1 aliphatic carbocycles. The van der Waals surface area contributed by atoms with Gasteiger partial charge in [-0.1, -0.05) is 20.4 Å². The summed E-state index contributed by atoms with van der Waals surface area (Å²) in [4.78, 5) is 0. The Morgan fingerprint density at radius 2 is 2.07 bits per heavy atom. The molecule has 1 saturated carbocycles. The van der Waals surface area contributed by atoms with E-state index in [0.717, 1.165) is 6.42 Å². The molecule has 80 valence electrons. The van der Waals surface area contributed by atoms with Gasteiger partial charge in [0.2, 0.25) is 0 Å². The molecule has 14 heavy (non-hydrogen) atoms. The van der Waals surface area contributed by atoms with Crippen LogP contribution in [0.25, 0.3) is 0 Å². The summed E-state index contributed by atoms with van der Waals surface area (Å²) >= 11 is 0. The smallest absolute Gasteiger partial charge is 0.0944 e. The third-order valence-electron chi connectivity index (χ3n) is 4.25. The largest absolute Gasteiger partial charge is 0.367 e. The molecule has 0 aromatic carbocycles. The summed E-state index contributed by atoms with van der Waals surface area (Å²) in [5, 5.41) is 0. The van der Waals surface area contributed by atoms with Crippen LogP contribution < -0.4 is 0 Å². The van der Waals surface area contributed by atoms with Crippen molar-refractivity contribution in [2.24, 2.45) is 5.41 Å². The van der Waals surface area contributed by atoms with Crippen molar-refractivity contribution in [2.45, 2.75) is 64.6 Å². The quantitative estimate of drug-likeness (QED) is 0.534. The normalized spacial score (nSPS) is 41.9. The van der Waals surface area contributed by atoms with Crippen LogP contribution in [-0.4, -0.2) is 11.7 Å². The molecule has 0 aromatic heterocycles. The summed E-state index contributed by atoms with van der Waals surface area (Å²) in [6, 6.07) is 0. The van der Waals surface area contributed by atoms with E-state index in [4.69, 9.17) is 4.74 Å². The molecule has 2 unspecified atom stereocenters. The van der Waals surface area contributed by atoms with Crippen molar-refractivity contribution >= 4 is 0 Å². The maximum atomic E-state index is 6.22. The zero-order chi connectivity index (χ0) is 10.4. The van der Waals surface area contributed by atoms with Gasteiger partial charge in [-0.05, 0) is 50.0 Å². The van der Waals surface area contributed by atoms with E-state index >= 15 is 0 Å². The average Bonchev–Trinajstić information content (AvgIpc) is 2.46. The lowest BCUT2D eigenvalue weighted by Crippen LogP contribution is -2.48. The third-order valence-corrected chi connectivity index (χ3v) is 4.25. The monoisotopic (exact) mass is 194 g/mol. The Bertz CT molecular complexity index is 254. The molecule has 0 radical (unpaired) electrons. The van der Waals surface area contributed by atoms with E-state index in [9.17, 15) is 0 Å². The molecule has 0 N–H and O–H groups in total. The Labute approximate surface area is 87.5 Å². The van der Waals surface area contributed by atoms with E-state index in [1.165, 1.54) is 31.3 Å². The maximum absolute atomic E-state index is 6.22. The molecule has 1 aliphatic heterocycles. The molecule has 1 spiro atoms. The summed E-state index contributed by atoms with van der Waals surface area (Å²) in [7, 11) is 0. The Morgan fingerprint density at radius 1 is 1.36 bits per heavy atom. The molecule has 1 nitrogen and oxygen atoms in total. The van der Waals surface area contributed by atoms with Crippen LogP contribution in [0.1, 0.15) is 52.9 Å². The number of ether oxygens (including phenoxy) is 1. The first kappa shape index (κ1) is 10.2. The van der Waals surface area contributed by atoms with Gasteiger partial charge in [-0.15, -0.1) is 0 Å². The highest BCUT2D eigenvalue weighted by Crippen LogP contribution is 2.54. The van der Waals surface area contributed by atoms with Crippen molar-refractivity contribution in [1.82, 2.24) is 0 Å². The highest BCUT2D eigenvalue weighted by atomic mass is 16.5. The number of rotatable bonds is 0. The van der Waals surface area contributed by atoms with Crippen molar-refractivity contribution in [1.29, 1.82) is 0 Å². The van der Waals surface area contributed by atoms with Crippen LogP contribution in [0.15, 0.2) is 12.2 Å². The fraction of sp³-hybridized carbons (Fsp3) is 0.846. The summed E-state index contributed by atoms with van der Waals surface area (Å²) in [5.41, 5.74) is 1.63. The summed E-state index contributed by atoms with van der Waals surface area (Å²) in [5.74, 6) is 0. The molecular weight excluding hydrogens is 172 g/mol. The van der Waals surface area contributed by atoms with Crippen molar-refractivity contribution < 1.29 is 4.74 Å². The molecule has 1 heteroatoms. The lowest BCUT2D eigenvalue weighted by atomic mass is 9.62. The molecule has 2 aliphatic rings. The Balaban J connectivity index is 2.32. The lowest BCUT2D eigenvalue weighted by Gasteiger charge is -2.49. The van der Waals surface area contributed by atoms with Gasteiger partial charge in [0.25, 0.3) is 0 Å². The minimum atomic E-state index is 0.00463. The molecule has 1 saturated heterocycles. The maximum Gasteiger partial charge on any atom is 0.0944 e. The van der Waals surface area contributed by atoms with Crippen LogP contribution in [0.4, 0.5) is 0 Å². The minimum Gasteiger partial charge on any atom is -0.367 e. The molecule has 2 rings (SSSR count). The Kier molecular flexibility index (Phi) is 2.26. The summed E-state index contributed by atoms with van der Waals surface area (Å²) in [6.45, 7) is 11.1. The fourth-order valence-corrected chi connectivity index (χ4v) is 3.25. The summed E-state index contributed by atoms with van der Waals surface area (Å²) < 4.78 is 6.22. The van der Waals surface area contributed by atoms with Crippen molar-refractivity contribution in [3.8, 4) is 0 Å². The highest BCUT2D eigenvalue weighted by molar-refractivity contribution is 5.23. The third kappa shape index (κ3) is 1.25. The van der Waals surface area contributed by atoms with Gasteiger partial charge >= 0.3 is 0 Å². The van der Waals surface area contributed by atoms with Crippen LogP contribution >= 0.6 is 0 Å². The van der Waals surface area contributed by atoms with Crippen molar-refractivity contribution in [3.05, 3.63) is 12.2 Å². The molecule has 2 fully saturated rings. The van der Waals surface area contributed by atoms with Crippen molar-refractivity contribution in [3.63, 3.8) is 0 Å². The molecular formula is C13H22O.